The Kier molecular flexibility index (Phi) is 6.56. The molecule has 0 bridgehead atoms. The average molecular weight is 578 g/mol. The molecule has 1 aliphatic heterocycles. The molecule has 6 rings (SSSR count). The molecule has 1 heterocycles. The van der Waals surface area contributed by atoms with E-state index in [4.69, 9.17) is 4.74 Å². The first kappa shape index (κ1) is 26.9. The molecule has 2 aliphatic carbocycles. The normalized spacial score (nSPS) is 20.3. The number of sulfonamides is 1. The van der Waals surface area contributed by atoms with Crippen molar-refractivity contribution < 1.29 is 31.9 Å². The molecule has 3 N–H and O–H groups in total. The van der Waals surface area contributed by atoms with Gasteiger partial charge in [0.25, 0.3) is 11.8 Å². The highest BCUT2D eigenvalue weighted by Gasteiger charge is 2.53. The van der Waals surface area contributed by atoms with Crippen molar-refractivity contribution in [3.05, 3.63) is 89.2 Å². The van der Waals surface area contributed by atoms with Gasteiger partial charge < -0.3 is 15.4 Å². The molecule has 0 radical (unpaired) electrons. The molecule has 0 saturated heterocycles. The minimum absolute atomic E-state index is 0.250. The van der Waals surface area contributed by atoms with Crippen molar-refractivity contribution in [2.24, 2.45) is 0 Å². The van der Waals surface area contributed by atoms with Gasteiger partial charge in [0.15, 0.2) is 0 Å². The summed E-state index contributed by atoms with van der Waals surface area (Å²) in [6.07, 6.45) is 1.12. The average Bonchev–Trinajstić information content (AvgIpc) is 3.90. The largest absolute Gasteiger partial charge is 0.484 e. The Hall–Kier alpha value is -4.25. The summed E-state index contributed by atoms with van der Waals surface area (Å²) in [5, 5.41) is 4.87. The summed E-state index contributed by atoms with van der Waals surface area (Å²) in [5.74, 6) is -1.97. The van der Waals surface area contributed by atoms with Crippen LogP contribution in [0.25, 0.3) is 11.1 Å². The molecule has 0 spiro atoms. The van der Waals surface area contributed by atoms with Crippen LogP contribution in [0.3, 0.4) is 0 Å². The third kappa shape index (κ3) is 5.17. The van der Waals surface area contributed by atoms with Crippen molar-refractivity contribution in [3.8, 4) is 16.9 Å². The smallest absolute Gasteiger partial charge is 0.259 e. The van der Waals surface area contributed by atoms with Crippen LogP contribution in [0.15, 0.2) is 66.7 Å². The van der Waals surface area contributed by atoms with Gasteiger partial charge in [-0.15, -0.1) is 0 Å². The van der Waals surface area contributed by atoms with Gasteiger partial charge in [-0.05, 0) is 78.8 Å². The highest BCUT2D eigenvalue weighted by atomic mass is 32.2. The zero-order chi connectivity index (χ0) is 28.9. The van der Waals surface area contributed by atoms with Crippen molar-refractivity contribution >= 4 is 27.7 Å². The van der Waals surface area contributed by atoms with Crippen LogP contribution in [0.2, 0.25) is 0 Å². The lowest BCUT2D eigenvalue weighted by molar-refractivity contribution is -0.123. The van der Waals surface area contributed by atoms with Gasteiger partial charge in [0.1, 0.15) is 29.1 Å². The highest BCUT2D eigenvalue weighted by molar-refractivity contribution is 7.91. The van der Waals surface area contributed by atoms with Crippen LogP contribution in [0.4, 0.5) is 4.39 Å². The van der Waals surface area contributed by atoms with Gasteiger partial charge in [-0.1, -0.05) is 30.3 Å². The third-order valence-electron chi connectivity index (χ3n) is 7.82. The molecule has 3 amide bonds. The summed E-state index contributed by atoms with van der Waals surface area (Å²) >= 11 is 0. The molecule has 11 heteroatoms. The molecule has 212 valence electrons. The standard InChI is InChI=1S/C30H28FN3O6S/c1-32-28(36)25-23-16-19(7-12-24(23)40-26(25)17-5-8-21(31)9-6-17)18-3-2-4-20(15-18)27(35)33-30(13-14-30)29(37)34-41(38,39)22-10-11-22/h2-9,12,15-16,22,25-26H,10-11,13-14H2,1H3,(H,32,36)(H,33,35)(H,34,37). The van der Waals surface area contributed by atoms with Gasteiger partial charge in [0.05, 0.1) is 5.25 Å². The highest BCUT2D eigenvalue weighted by Crippen LogP contribution is 2.47. The summed E-state index contributed by atoms with van der Waals surface area (Å²) in [5.41, 5.74) is 1.83. The van der Waals surface area contributed by atoms with Crippen molar-refractivity contribution in [1.82, 2.24) is 15.4 Å². The fraction of sp³-hybridized carbons (Fsp3) is 0.300. The van der Waals surface area contributed by atoms with E-state index in [1.807, 2.05) is 18.2 Å². The van der Waals surface area contributed by atoms with E-state index in [-0.39, 0.29) is 11.7 Å². The van der Waals surface area contributed by atoms with E-state index >= 15 is 0 Å². The molecule has 9 nitrogen and oxygen atoms in total. The van der Waals surface area contributed by atoms with E-state index in [1.165, 1.54) is 12.1 Å². The second kappa shape index (κ2) is 9.99. The van der Waals surface area contributed by atoms with Gasteiger partial charge in [-0.3, -0.25) is 19.1 Å². The third-order valence-corrected chi connectivity index (χ3v) is 9.64. The van der Waals surface area contributed by atoms with E-state index in [2.05, 4.69) is 15.4 Å². The fourth-order valence-electron chi connectivity index (χ4n) is 5.15. The molecule has 3 aromatic carbocycles. The lowest BCUT2D eigenvalue weighted by Gasteiger charge is -2.18. The summed E-state index contributed by atoms with van der Waals surface area (Å²) in [6.45, 7) is 0. The molecule has 0 aromatic heterocycles. The number of hydrogen-bond donors (Lipinski definition) is 3. The van der Waals surface area contributed by atoms with Crippen molar-refractivity contribution in [2.75, 3.05) is 7.05 Å². The summed E-state index contributed by atoms with van der Waals surface area (Å²) in [6, 6.07) is 18.1. The Morgan fingerprint density at radius 1 is 0.951 bits per heavy atom. The molecule has 3 aromatic rings. The second-order valence-electron chi connectivity index (χ2n) is 10.7. The quantitative estimate of drug-likeness (QED) is 0.377. The van der Waals surface area contributed by atoms with E-state index in [0.29, 0.717) is 53.7 Å². The van der Waals surface area contributed by atoms with Crippen LogP contribution in [-0.4, -0.2) is 44.0 Å². The van der Waals surface area contributed by atoms with Gasteiger partial charge in [-0.2, -0.15) is 0 Å². The fourth-order valence-corrected chi connectivity index (χ4v) is 6.52. The Morgan fingerprint density at radius 2 is 1.66 bits per heavy atom. The minimum atomic E-state index is -3.72. The maximum atomic E-state index is 13.5. The molecule has 2 unspecified atom stereocenters. The maximum absolute atomic E-state index is 13.5. The Balaban J connectivity index is 1.23. The number of ether oxygens (including phenoxy) is 1. The van der Waals surface area contributed by atoms with Crippen molar-refractivity contribution in [1.29, 1.82) is 0 Å². The first-order valence-electron chi connectivity index (χ1n) is 13.4. The number of halogens is 1. The number of amides is 3. The lowest BCUT2D eigenvalue weighted by Crippen LogP contribution is -2.51. The molecule has 2 atom stereocenters. The predicted octanol–water partition coefficient (Wildman–Crippen LogP) is 3.33. The predicted molar refractivity (Wildman–Crippen MR) is 148 cm³/mol. The lowest BCUT2D eigenvalue weighted by atomic mass is 9.88. The molecular formula is C30H28FN3O6S. The number of hydrogen-bond acceptors (Lipinski definition) is 6. The van der Waals surface area contributed by atoms with Gasteiger partial charge in [-0.25, -0.2) is 12.8 Å². The van der Waals surface area contributed by atoms with Crippen LogP contribution in [0, 0.1) is 5.82 Å². The number of benzene rings is 3. The molecule has 41 heavy (non-hydrogen) atoms. The Labute approximate surface area is 236 Å². The minimum Gasteiger partial charge on any atom is -0.484 e. The number of nitrogens with one attached hydrogen (secondary N) is 3. The van der Waals surface area contributed by atoms with Crippen LogP contribution >= 0.6 is 0 Å². The van der Waals surface area contributed by atoms with Crippen molar-refractivity contribution in [2.45, 2.75) is 48.5 Å². The van der Waals surface area contributed by atoms with Gasteiger partial charge in [0.2, 0.25) is 15.9 Å². The van der Waals surface area contributed by atoms with Crippen LogP contribution in [0.1, 0.15) is 59.2 Å². The zero-order valence-corrected chi connectivity index (χ0v) is 23.0. The SMILES string of the molecule is CNC(=O)C1c2cc(-c3cccc(C(=O)NC4(C(=O)NS(=O)(=O)C5CC5)CC4)c3)ccc2OC1c1ccc(F)cc1. The molecular weight excluding hydrogens is 549 g/mol. The Bertz CT molecular complexity index is 1670. The maximum Gasteiger partial charge on any atom is 0.259 e. The van der Waals surface area contributed by atoms with Gasteiger partial charge >= 0.3 is 0 Å². The van der Waals surface area contributed by atoms with Crippen LogP contribution < -0.4 is 20.1 Å². The first-order valence-corrected chi connectivity index (χ1v) is 14.9. The topological polar surface area (TPSA) is 131 Å². The van der Waals surface area contributed by atoms with E-state index in [0.717, 1.165) is 5.56 Å². The number of carbonyl (C=O) groups is 3. The van der Waals surface area contributed by atoms with E-state index in [9.17, 15) is 27.2 Å². The number of rotatable bonds is 8. The van der Waals surface area contributed by atoms with Crippen molar-refractivity contribution in [3.63, 3.8) is 0 Å². The van der Waals surface area contributed by atoms with E-state index in [1.54, 1.807) is 43.4 Å². The second-order valence-corrected chi connectivity index (χ2v) is 12.7. The van der Waals surface area contributed by atoms with Crippen LogP contribution in [-0.2, 0) is 19.6 Å². The summed E-state index contributed by atoms with van der Waals surface area (Å²) < 4.78 is 46.2. The molecule has 2 fully saturated rings. The first-order chi connectivity index (χ1) is 19.6. The van der Waals surface area contributed by atoms with E-state index < -0.39 is 44.6 Å². The van der Waals surface area contributed by atoms with Gasteiger partial charge in [0, 0.05) is 18.2 Å². The molecule has 3 aliphatic rings. The monoisotopic (exact) mass is 577 g/mol. The van der Waals surface area contributed by atoms with Crippen LogP contribution in [0.5, 0.6) is 5.75 Å². The molecule has 2 saturated carbocycles. The number of carbonyl (C=O) groups excluding carboxylic acids is 3. The summed E-state index contributed by atoms with van der Waals surface area (Å²) in [7, 11) is -2.18. The number of fused-ring (bicyclic) bond motifs is 1. The zero-order valence-electron chi connectivity index (χ0n) is 22.1. The Morgan fingerprint density at radius 3 is 2.32 bits per heavy atom. The number of likely N-dealkylation sites (N-methyl/N-ethyl adjacent to an activating group) is 1. The summed E-state index contributed by atoms with van der Waals surface area (Å²) in [4.78, 5) is 38.8.